The third kappa shape index (κ3) is 6.36. The van der Waals surface area contributed by atoms with Gasteiger partial charge in [0.15, 0.2) is 0 Å². The molecule has 0 unspecified atom stereocenters. The van der Waals surface area contributed by atoms with Crippen molar-refractivity contribution in [3.05, 3.63) is 0 Å². The number of hydrogen-bond acceptors (Lipinski definition) is 4. The van der Waals surface area contributed by atoms with Gasteiger partial charge in [0.05, 0.1) is 13.2 Å². The lowest BCUT2D eigenvalue weighted by Gasteiger charge is -2.17. The SMILES string of the molecule is COCCOCC(=O)N[C@H](C(=O)O)C(C)C. The average molecular weight is 233 g/mol. The maximum absolute atomic E-state index is 11.3. The van der Waals surface area contributed by atoms with Crippen LogP contribution in [-0.4, -0.2) is 50.0 Å². The van der Waals surface area contributed by atoms with Gasteiger partial charge in [0.1, 0.15) is 12.6 Å². The first kappa shape index (κ1) is 14.9. The van der Waals surface area contributed by atoms with Crippen LogP contribution in [0.25, 0.3) is 0 Å². The number of amides is 1. The largest absolute Gasteiger partial charge is 0.480 e. The summed E-state index contributed by atoms with van der Waals surface area (Å²) in [4.78, 5) is 22.1. The molecule has 0 aromatic heterocycles. The number of carboxylic acids is 1. The molecule has 0 aromatic carbocycles. The molecular formula is C10H19NO5. The summed E-state index contributed by atoms with van der Waals surface area (Å²) in [5, 5.41) is 11.2. The number of hydrogen-bond donors (Lipinski definition) is 2. The fraction of sp³-hybridized carbons (Fsp3) is 0.800. The molecule has 1 amide bonds. The van der Waals surface area contributed by atoms with E-state index in [0.717, 1.165) is 0 Å². The van der Waals surface area contributed by atoms with E-state index in [-0.39, 0.29) is 12.5 Å². The molecule has 0 aliphatic rings. The van der Waals surface area contributed by atoms with Crippen LogP contribution in [0.2, 0.25) is 0 Å². The lowest BCUT2D eigenvalue weighted by Crippen LogP contribution is -2.45. The van der Waals surface area contributed by atoms with Crippen molar-refractivity contribution in [3.63, 3.8) is 0 Å². The Bertz CT molecular complexity index is 229. The van der Waals surface area contributed by atoms with Crippen LogP contribution in [0.5, 0.6) is 0 Å². The molecule has 0 fully saturated rings. The van der Waals surface area contributed by atoms with Gasteiger partial charge in [-0.25, -0.2) is 4.79 Å². The quantitative estimate of drug-likeness (QED) is 0.571. The van der Waals surface area contributed by atoms with Crippen molar-refractivity contribution in [2.75, 3.05) is 26.9 Å². The van der Waals surface area contributed by atoms with Crippen LogP contribution < -0.4 is 5.32 Å². The van der Waals surface area contributed by atoms with Crippen molar-refractivity contribution in [2.24, 2.45) is 5.92 Å². The van der Waals surface area contributed by atoms with Crippen molar-refractivity contribution in [3.8, 4) is 0 Å². The number of methoxy groups -OCH3 is 1. The Labute approximate surface area is 94.9 Å². The van der Waals surface area contributed by atoms with Crippen LogP contribution >= 0.6 is 0 Å². The fourth-order valence-electron chi connectivity index (χ4n) is 1.04. The molecule has 0 saturated heterocycles. The Balaban J connectivity index is 3.87. The molecule has 1 atom stereocenters. The van der Waals surface area contributed by atoms with Gasteiger partial charge in [0, 0.05) is 7.11 Å². The zero-order valence-electron chi connectivity index (χ0n) is 9.86. The molecule has 6 heteroatoms. The zero-order valence-corrected chi connectivity index (χ0v) is 9.86. The first-order valence-electron chi connectivity index (χ1n) is 5.08. The first-order chi connectivity index (χ1) is 7.49. The number of carboxylic acid groups (broad SMARTS) is 1. The Hall–Kier alpha value is -1.14. The molecule has 94 valence electrons. The molecule has 0 spiro atoms. The van der Waals surface area contributed by atoms with E-state index in [1.807, 2.05) is 0 Å². The monoisotopic (exact) mass is 233 g/mol. The smallest absolute Gasteiger partial charge is 0.326 e. The summed E-state index contributed by atoms with van der Waals surface area (Å²) in [7, 11) is 1.53. The second-order valence-corrected chi connectivity index (χ2v) is 3.67. The number of nitrogens with one attached hydrogen (secondary N) is 1. The van der Waals surface area contributed by atoms with Gasteiger partial charge in [-0.3, -0.25) is 4.79 Å². The average Bonchev–Trinajstić information content (AvgIpc) is 2.20. The summed E-state index contributed by atoms with van der Waals surface area (Å²) in [6, 6.07) is -0.876. The van der Waals surface area contributed by atoms with Crippen LogP contribution in [0.1, 0.15) is 13.8 Å². The van der Waals surface area contributed by atoms with Gasteiger partial charge >= 0.3 is 5.97 Å². The van der Waals surface area contributed by atoms with Gasteiger partial charge in [-0.15, -0.1) is 0 Å². The van der Waals surface area contributed by atoms with E-state index in [1.54, 1.807) is 13.8 Å². The molecule has 0 bridgehead atoms. The summed E-state index contributed by atoms with van der Waals surface area (Å²) in [6.45, 7) is 4.01. The Morgan fingerprint density at radius 2 is 1.94 bits per heavy atom. The maximum Gasteiger partial charge on any atom is 0.326 e. The van der Waals surface area contributed by atoms with Crippen molar-refractivity contribution in [1.29, 1.82) is 0 Å². The van der Waals surface area contributed by atoms with Crippen molar-refractivity contribution < 1.29 is 24.2 Å². The number of rotatable bonds is 8. The van der Waals surface area contributed by atoms with E-state index in [4.69, 9.17) is 14.6 Å². The van der Waals surface area contributed by atoms with Crippen molar-refractivity contribution in [2.45, 2.75) is 19.9 Å². The lowest BCUT2D eigenvalue weighted by atomic mass is 10.1. The molecule has 6 nitrogen and oxygen atoms in total. The number of ether oxygens (including phenoxy) is 2. The maximum atomic E-state index is 11.3. The van der Waals surface area contributed by atoms with Gasteiger partial charge in [0.2, 0.25) is 5.91 Å². The van der Waals surface area contributed by atoms with Crippen LogP contribution in [0, 0.1) is 5.92 Å². The first-order valence-corrected chi connectivity index (χ1v) is 5.08. The Morgan fingerprint density at radius 1 is 1.31 bits per heavy atom. The third-order valence-corrected chi connectivity index (χ3v) is 1.91. The molecule has 0 radical (unpaired) electrons. The summed E-state index contributed by atoms with van der Waals surface area (Å²) in [5.74, 6) is -1.64. The van der Waals surface area contributed by atoms with E-state index in [2.05, 4.69) is 5.32 Å². The molecule has 0 aliphatic heterocycles. The second-order valence-electron chi connectivity index (χ2n) is 3.67. The van der Waals surface area contributed by atoms with E-state index >= 15 is 0 Å². The van der Waals surface area contributed by atoms with Crippen LogP contribution in [0.15, 0.2) is 0 Å². The number of carbonyl (C=O) groups is 2. The highest BCUT2D eigenvalue weighted by Gasteiger charge is 2.23. The normalized spacial score (nSPS) is 12.5. The van der Waals surface area contributed by atoms with Gasteiger partial charge in [0.25, 0.3) is 0 Å². The standard InChI is InChI=1S/C10H19NO5/c1-7(2)9(10(13)14)11-8(12)6-16-5-4-15-3/h7,9H,4-6H2,1-3H3,(H,11,12)(H,13,14)/t9-/m0/s1. The molecular weight excluding hydrogens is 214 g/mol. The summed E-state index contributed by atoms with van der Waals surface area (Å²) in [6.07, 6.45) is 0. The Morgan fingerprint density at radius 3 is 2.38 bits per heavy atom. The van der Waals surface area contributed by atoms with Gasteiger partial charge in [-0.2, -0.15) is 0 Å². The zero-order chi connectivity index (χ0) is 12.6. The molecule has 0 rings (SSSR count). The number of carbonyl (C=O) groups excluding carboxylic acids is 1. The minimum Gasteiger partial charge on any atom is -0.480 e. The highest BCUT2D eigenvalue weighted by atomic mass is 16.5. The highest BCUT2D eigenvalue weighted by Crippen LogP contribution is 2.01. The van der Waals surface area contributed by atoms with Crippen LogP contribution in [0.3, 0.4) is 0 Å². The third-order valence-electron chi connectivity index (χ3n) is 1.91. The molecule has 0 heterocycles. The Kier molecular flexibility index (Phi) is 7.49. The van der Waals surface area contributed by atoms with Crippen LogP contribution in [0.4, 0.5) is 0 Å². The molecule has 0 saturated carbocycles. The lowest BCUT2D eigenvalue weighted by molar-refractivity contribution is -0.143. The minimum absolute atomic E-state index is 0.153. The minimum atomic E-state index is -1.04. The summed E-state index contributed by atoms with van der Waals surface area (Å²) >= 11 is 0. The van der Waals surface area contributed by atoms with Gasteiger partial charge < -0.3 is 19.9 Å². The van der Waals surface area contributed by atoms with E-state index in [0.29, 0.717) is 13.2 Å². The summed E-state index contributed by atoms with van der Waals surface area (Å²) < 4.78 is 9.70. The van der Waals surface area contributed by atoms with Crippen molar-refractivity contribution >= 4 is 11.9 Å². The van der Waals surface area contributed by atoms with E-state index in [1.165, 1.54) is 7.11 Å². The molecule has 2 N–H and O–H groups in total. The molecule has 0 aromatic rings. The molecule has 0 aliphatic carbocycles. The van der Waals surface area contributed by atoms with E-state index in [9.17, 15) is 9.59 Å². The van der Waals surface area contributed by atoms with Crippen LogP contribution in [-0.2, 0) is 19.1 Å². The second kappa shape index (κ2) is 8.06. The molecule has 16 heavy (non-hydrogen) atoms. The highest BCUT2D eigenvalue weighted by molar-refractivity contribution is 5.84. The van der Waals surface area contributed by atoms with Crippen molar-refractivity contribution in [1.82, 2.24) is 5.32 Å². The van der Waals surface area contributed by atoms with Gasteiger partial charge in [-0.05, 0) is 5.92 Å². The fourth-order valence-corrected chi connectivity index (χ4v) is 1.04. The topological polar surface area (TPSA) is 84.9 Å². The van der Waals surface area contributed by atoms with E-state index < -0.39 is 17.9 Å². The predicted octanol–water partition coefficient (Wildman–Crippen LogP) is -0.125. The van der Waals surface area contributed by atoms with Gasteiger partial charge in [-0.1, -0.05) is 13.8 Å². The summed E-state index contributed by atoms with van der Waals surface area (Å²) in [5.41, 5.74) is 0. The predicted molar refractivity (Wildman–Crippen MR) is 57.1 cm³/mol. The number of aliphatic carboxylic acids is 1.